The smallest absolute Gasteiger partial charge is 0.172 e. The number of hydrogen-bond acceptors (Lipinski definition) is 8. The molecule has 0 fully saturated rings. The SMILES string of the molecule is CCN(CCO)c1ccc(N=Nc2ccc(C=CC3=C(C#N)C(=C(C#N)C#N)OC3(C)C)cc2)cc1. The predicted octanol–water partition coefficient (Wildman–Crippen LogP) is 5.86. The minimum atomic E-state index is -0.855. The van der Waals surface area contributed by atoms with Crippen molar-refractivity contribution in [1.29, 1.82) is 15.8 Å². The molecule has 8 heteroatoms. The first-order valence-electron chi connectivity index (χ1n) is 11.4. The number of nitrogens with zero attached hydrogens (tertiary/aromatic N) is 6. The van der Waals surface area contributed by atoms with E-state index in [2.05, 4.69) is 21.2 Å². The molecule has 1 N–H and O–H groups in total. The Bertz CT molecular complexity index is 1330. The lowest BCUT2D eigenvalue weighted by Crippen LogP contribution is -2.25. The quantitative estimate of drug-likeness (QED) is 0.373. The van der Waals surface area contributed by atoms with Gasteiger partial charge in [0.1, 0.15) is 29.4 Å². The van der Waals surface area contributed by atoms with Gasteiger partial charge in [0.2, 0.25) is 0 Å². The molecule has 1 aliphatic rings. The fourth-order valence-corrected chi connectivity index (χ4v) is 3.75. The average Bonchev–Trinajstić information content (AvgIpc) is 3.15. The van der Waals surface area contributed by atoms with Gasteiger partial charge in [-0.15, -0.1) is 0 Å². The van der Waals surface area contributed by atoms with Crippen molar-refractivity contribution in [2.45, 2.75) is 26.4 Å². The predicted molar refractivity (Wildman–Crippen MR) is 137 cm³/mol. The highest BCUT2D eigenvalue weighted by Gasteiger charge is 2.38. The highest BCUT2D eigenvalue weighted by molar-refractivity contribution is 5.64. The second-order valence-corrected chi connectivity index (χ2v) is 8.39. The van der Waals surface area contributed by atoms with Crippen LogP contribution in [0.25, 0.3) is 6.08 Å². The van der Waals surface area contributed by atoms with E-state index in [0.29, 0.717) is 17.8 Å². The van der Waals surface area contributed by atoms with Crippen molar-refractivity contribution in [2.75, 3.05) is 24.6 Å². The molecule has 180 valence electrons. The third-order valence-corrected chi connectivity index (χ3v) is 5.65. The first-order chi connectivity index (χ1) is 17.4. The third kappa shape index (κ3) is 5.85. The zero-order valence-electron chi connectivity index (χ0n) is 20.4. The van der Waals surface area contributed by atoms with E-state index in [1.165, 1.54) is 0 Å². The van der Waals surface area contributed by atoms with Gasteiger partial charge in [-0.25, -0.2) is 0 Å². The maximum atomic E-state index is 9.63. The monoisotopic (exact) mass is 478 g/mol. The third-order valence-electron chi connectivity index (χ3n) is 5.65. The summed E-state index contributed by atoms with van der Waals surface area (Å²) in [6, 6.07) is 20.8. The van der Waals surface area contributed by atoms with Crippen LogP contribution >= 0.6 is 0 Å². The molecule has 8 nitrogen and oxygen atoms in total. The van der Waals surface area contributed by atoms with E-state index in [4.69, 9.17) is 4.74 Å². The molecule has 0 unspecified atom stereocenters. The molecule has 0 radical (unpaired) electrons. The molecular formula is C28H26N6O2. The van der Waals surface area contributed by atoms with Gasteiger partial charge in [-0.2, -0.15) is 26.0 Å². The summed E-state index contributed by atoms with van der Waals surface area (Å²) in [5.74, 6) is 0.0201. The summed E-state index contributed by atoms with van der Waals surface area (Å²) in [5.41, 5.74) is 3.00. The molecular weight excluding hydrogens is 452 g/mol. The molecule has 2 aromatic rings. The van der Waals surface area contributed by atoms with Crippen LogP contribution in [0.1, 0.15) is 26.3 Å². The molecule has 0 aromatic heterocycles. The van der Waals surface area contributed by atoms with E-state index in [0.717, 1.165) is 23.5 Å². The Labute approximate surface area is 211 Å². The molecule has 0 saturated carbocycles. The van der Waals surface area contributed by atoms with Crippen LogP contribution in [0.2, 0.25) is 0 Å². The normalized spacial score (nSPS) is 14.4. The van der Waals surface area contributed by atoms with E-state index in [1.807, 2.05) is 61.5 Å². The minimum absolute atomic E-state index is 0.0201. The summed E-state index contributed by atoms with van der Waals surface area (Å²) >= 11 is 0. The van der Waals surface area contributed by atoms with Gasteiger partial charge in [-0.1, -0.05) is 24.3 Å². The fraction of sp³-hybridized carbons (Fsp3) is 0.250. The fourth-order valence-electron chi connectivity index (χ4n) is 3.75. The van der Waals surface area contributed by atoms with E-state index >= 15 is 0 Å². The first kappa shape index (κ1) is 25.9. The van der Waals surface area contributed by atoms with Crippen molar-refractivity contribution in [3.8, 4) is 18.2 Å². The van der Waals surface area contributed by atoms with Crippen LogP contribution in [0.15, 0.2) is 87.3 Å². The van der Waals surface area contributed by atoms with E-state index in [-0.39, 0.29) is 23.5 Å². The Kier molecular flexibility index (Phi) is 8.36. The van der Waals surface area contributed by atoms with Gasteiger partial charge in [0, 0.05) is 24.4 Å². The number of allylic oxidation sites excluding steroid dienone is 2. The maximum absolute atomic E-state index is 9.63. The van der Waals surface area contributed by atoms with E-state index in [1.54, 1.807) is 32.1 Å². The average molecular weight is 479 g/mol. The second-order valence-electron chi connectivity index (χ2n) is 8.39. The molecule has 0 spiro atoms. The zero-order valence-corrected chi connectivity index (χ0v) is 20.4. The topological polar surface area (TPSA) is 129 Å². The van der Waals surface area contributed by atoms with E-state index in [9.17, 15) is 20.9 Å². The zero-order chi connectivity index (χ0) is 26.1. The van der Waals surface area contributed by atoms with Crippen molar-refractivity contribution < 1.29 is 9.84 Å². The highest BCUT2D eigenvalue weighted by Crippen LogP contribution is 2.40. The molecule has 36 heavy (non-hydrogen) atoms. The van der Waals surface area contributed by atoms with Gasteiger partial charge >= 0.3 is 0 Å². The Morgan fingerprint density at radius 2 is 1.56 bits per heavy atom. The summed E-state index contributed by atoms with van der Waals surface area (Å²) in [5, 5.41) is 45.8. The minimum Gasteiger partial charge on any atom is -0.480 e. The Hall–Kier alpha value is -4.71. The molecule has 0 saturated heterocycles. The number of rotatable bonds is 8. The van der Waals surface area contributed by atoms with Crippen LogP contribution in [0.4, 0.5) is 17.1 Å². The van der Waals surface area contributed by atoms with Gasteiger partial charge in [0.15, 0.2) is 11.3 Å². The summed E-state index contributed by atoms with van der Waals surface area (Å²) in [4.78, 5) is 2.07. The van der Waals surface area contributed by atoms with E-state index < -0.39 is 5.60 Å². The number of azo groups is 1. The van der Waals surface area contributed by atoms with Gasteiger partial charge in [-0.05, 0) is 62.7 Å². The summed E-state index contributed by atoms with van der Waals surface area (Å²) in [6.07, 6.45) is 3.61. The van der Waals surface area contributed by atoms with Crippen LogP contribution in [0.3, 0.4) is 0 Å². The number of ether oxygens (including phenoxy) is 1. The van der Waals surface area contributed by atoms with Crippen LogP contribution in [0, 0.1) is 34.0 Å². The molecule has 1 aliphatic heterocycles. The van der Waals surface area contributed by atoms with Crippen molar-refractivity contribution in [2.24, 2.45) is 10.2 Å². The van der Waals surface area contributed by atoms with Crippen LogP contribution in [0.5, 0.6) is 0 Å². The van der Waals surface area contributed by atoms with Crippen molar-refractivity contribution in [1.82, 2.24) is 0 Å². The van der Waals surface area contributed by atoms with Crippen molar-refractivity contribution >= 4 is 23.1 Å². The lowest BCUT2D eigenvalue weighted by atomic mass is 9.94. The molecule has 0 atom stereocenters. The number of nitriles is 3. The Morgan fingerprint density at radius 1 is 0.972 bits per heavy atom. The molecule has 0 bridgehead atoms. The summed E-state index contributed by atoms with van der Waals surface area (Å²) < 4.78 is 5.77. The van der Waals surface area contributed by atoms with Gasteiger partial charge in [0.25, 0.3) is 0 Å². The standard InChI is InChI=1S/C28H26N6O2/c1-4-34(15-16-35)24-12-10-23(11-13-24)33-32-22-8-5-20(6-9-22)7-14-26-25(19-31)27(21(17-29)18-30)36-28(26,2)3/h5-14,35H,4,15-16H2,1-3H3. The first-order valence-corrected chi connectivity index (χ1v) is 11.4. The molecule has 2 aromatic carbocycles. The Balaban J connectivity index is 1.75. The molecule has 0 aliphatic carbocycles. The van der Waals surface area contributed by atoms with Crippen molar-refractivity contribution in [3.05, 3.63) is 82.6 Å². The van der Waals surface area contributed by atoms with Gasteiger partial charge in [-0.3, -0.25) is 0 Å². The highest BCUT2D eigenvalue weighted by atomic mass is 16.5. The number of benzene rings is 2. The number of aliphatic hydroxyl groups excluding tert-OH is 1. The summed E-state index contributed by atoms with van der Waals surface area (Å²) in [6.45, 7) is 7.09. The summed E-state index contributed by atoms with van der Waals surface area (Å²) in [7, 11) is 0. The van der Waals surface area contributed by atoms with Crippen LogP contribution in [-0.4, -0.2) is 30.4 Å². The second kappa shape index (κ2) is 11.6. The number of hydrogen-bond donors (Lipinski definition) is 1. The number of aliphatic hydroxyl groups is 1. The molecule has 0 amide bonds. The Morgan fingerprint density at radius 3 is 2.06 bits per heavy atom. The number of anilines is 1. The van der Waals surface area contributed by atoms with Crippen molar-refractivity contribution in [3.63, 3.8) is 0 Å². The molecule has 3 rings (SSSR count). The number of likely N-dealkylation sites (N-methyl/N-ethyl adjacent to an activating group) is 1. The lowest BCUT2D eigenvalue weighted by Gasteiger charge is -2.21. The van der Waals surface area contributed by atoms with Crippen LogP contribution in [-0.2, 0) is 4.74 Å². The maximum Gasteiger partial charge on any atom is 0.172 e. The largest absolute Gasteiger partial charge is 0.480 e. The molecule has 1 heterocycles. The van der Waals surface area contributed by atoms with Gasteiger partial charge in [0.05, 0.1) is 18.0 Å². The lowest BCUT2D eigenvalue weighted by molar-refractivity contribution is 0.0954. The van der Waals surface area contributed by atoms with Gasteiger partial charge < -0.3 is 14.7 Å². The van der Waals surface area contributed by atoms with Crippen LogP contribution < -0.4 is 4.90 Å².